The molecule has 1 atom stereocenters. The van der Waals surface area contributed by atoms with E-state index in [-0.39, 0.29) is 17.4 Å². The molecular formula is C18H22N4O2S. The molecule has 3 heterocycles. The van der Waals surface area contributed by atoms with Crippen LogP contribution in [0.25, 0.3) is 0 Å². The Morgan fingerprint density at radius 3 is 2.88 bits per heavy atom. The monoisotopic (exact) mass is 358 g/mol. The molecule has 6 nitrogen and oxygen atoms in total. The van der Waals surface area contributed by atoms with Gasteiger partial charge in [-0.3, -0.25) is 9.69 Å². The van der Waals surface area contributed by atoms with Crippen LogP contribution in [0.5, 0.6) is 5.75 Å². The van der Waals surface area contributed by atoms with Crippen LogP contribution in [0, 0.1) is 5.41 Å². The van der Waals surface area contributed by atoms with Crippen molar-refractivity contribution in [2.24, 2.45) is 5.41 Å². The van der Waals surface area contributed by atoms with Crippen molar-refractivity contribution in [1.82, 2.24) is 19.8 Å². The van der Waals surface area contributed by atoms with Gasteiger partial charge in [-0.2, -0.15) is 0 Å². The molecule has 1 amide bonds. The Balaban J connectivity index is 1.35. The lowest BCUT2D eigenvalue weighted by Gasteiger charge is -2.34. The lowest BCUT2D eigenvalue weighted by molar-refractivity contribution is 0.0648. The first kappa shape index (κ1) is 16.5. The van der Waals surface area contributed by atoms with Crippen molar-refractivity contribution >= 4 is 17.2 Å². The molecule has 1 aliphatic carbocycles. The van der Waals surface area contributed by atoms with E-state index >= 15 is 0 Å². The van der Waals surface area contributed by atoms with E-state index in [1.165, 1.54) is 12.5 Å². The average molecular weight is 358 g/mol. The normalized spacial score (nSPS) is 21.7. The average Bonchev–Trinajstić information content (AvgIpc) is 3.07. The van der Waals surface area contributed by atoms with Crippen molar-refractivity contribution < 1.29 is 9.90 Å². The number of carbonyl (C=O) groups excluding carboxylic acids is 1. The molecule has 2 aromatic heterocycles. The summed E-state index contributed by atoms with van der Waals surface area (Å²) in [6.45, 7) is 2.36. The number of carbonyl (C=O) groups is 1. The van der Waals surface area contributed by atoms with Crippen molar-refractivity contribution in [2.45, 2.75) is 31.8 Å². The number of aromatic nitrogens is 2. The number of nitrogens with zero attached hydrogens (tertiary/aromatic N) is 4. The molecule has 0 radical (unpaired) electrons. The minimum Gasteiger partial charge on any atom is -0.505 e. The number of likely N-dealkylation sites (tertiary alicyclic amines) is 1. The van der Waals surface area contributed by atoms with E-state index < -0.39 is 0 Å². The Bertz CT molecular complexity index is 756. The molecule has 2 fully saturated rings. The third kappa shape index (κ3) is 3.14. The topological polar surface area (TPSA) is 69.6 Å². The first-order valence-electron chi connectivity index (χ1n) is 8.61. The van der Waals surface area contributed by atoms with Gasteiger partial charge in [0.05, 0.1) is 6.54 Å². The maximum absolute atomic E-state index is 12.6. The van der Waals surface area contributed by atoms with Crippen LogP contribution in [0.2, 0.25) is 0 Å². The Labute approximate surface area is 151 Å². The predicted molar refractivity (Wildman–Crippen MR) is 95.5 cm³/mol. The third-order valence-electron chi connectivity index (χ3n) is 5.58. The molecule has 7 heteroatoms. The standard InChI is InChI=1S/C18H22N4O2S/c1-21(12-15-19-7-10-25-15)14-11-18(14)4-8-22(9-5-18)17(24)16-13(23)3-2-6-20-16/h2-3,6-7,10,14,23H,4-5,8-9,11-12H2,1H3/t14-/m0/s1. The zero-order chi connectivity index (χ0) is 17.4. The minimum atomic E-state index is -0.165. The number of thiazole rings is 1. The van der Waals surface area contributed by atoms with Gasteiger partial charge in [0.2, 0.25) is 0 Å². The first-order valence-corrected chi connectivity index (χ1v) is 9.49. The molecule has 1 spiro atoms. The van der Waals surface area contributed by atoms with Crippen LogP contribution >= 0.6 is 11.3 Å². The van der Waals surface area contributed by atoms with Gasteiger partial charge in [0, 0.05) is 36.9 Å². The van der Waals surface area contributed by atoms with Crippen LogP contribution in [-0.4, -0.2) is 57.0 Å². The largest absolute Gasteiger partial charge is 0.505 e. The summed E-state index contributed by atoms with van der Waals surface area (Å²) in [7, 11) is 2.17. The van der Waals surface area contributed by atoms with Crippen LogP contribution in [0.15, 0.2) is 29.9 Å². The molecule has 2 aliphatic rings. The maximum Gasteiger partial charge on any atom is 0.276 e. The van der Waals surface area contributed by atoms with Gasteiger partial charge in [-0.1, -0.05) is 0 Å². The fraction of sp³-hybridized carbons (Fsp3) is 0.500. The molecule has 0 aromatic carbocycles. The van der Waals surface area contributed by atoms with Gasteiger partial charge < -0.3 is 10.0 Å². The summed E-state index contributed by atoms with van der Waals surface area (Å²) >= 11 is 1.70. The number of rotatable bonds is 4. The Morgan fingerprint density at radius 1 is 1.40 bits per heavy atom. The highest BCUT2D eigenvalue weighted by Crippen LogP contribution is 2.56. The van der Waals surface area contributed by atoms with E-state index in [0.717, 1.165) is 37.5 Å². The minimum absolute atomic E-state index is 0.0414. The fourth-order valence-corrected chi connectivity index (χ4v) is 4.69. The first-order chi connectivity index (χ1) is 12.1. The van der Waals surface area contributed by atoms with Gasteiger partial charge in [-0.05, 0) is 43.9 Å². The molecule has 4 rings (SSSR count). The second-order valence-electron chi connectivity index (χ2n) is 7.09. The summed E-state index contributed by atoms with van der Waals surface area (Å²) in [5.74, 6) is -0.207. The fourth-order valence-electron chi connectivity index (χ4n) is 4.01. The number of hydrogen-bond acceptors (Lipinski definition) is 6. The van der Waals surface area contributed by atoms with E-state index in [0.29, 0.717) is 11.5 Å². The van der Waals surface area contributed by atoms with Gasteiger partial charge in [0.25, 0.3) is 5.91 Å². The van der Waals surface area contributed by atoms with E-state index in [2.05, 4.69) is 21.9 Å². The molecule has 1 saturated carbocycles. The molecular weight excluding hydrogens is 336 g/mol. The van der Waals surface area contributed by atoms with Crippen molar-refractivity contribution in [3.63, 3.8) is 0 Å². The number of aromatic hydroxyl groups is 1. The van der Waals surface area contributed by atoms with Gasteiger partial charge in [0.1, 0.15) is 10.8 Å². The molecule has 0 unspecified atom stereocenters. The van der Waals surface area contributed by atoms with Crippen LogP contribution in [-0.2, 0) is 6.54 Å². The summed E-state index contributed by atoms with van der Waals surface area (Å²) in [5, 5.41) is 13.0. The highest BCUT2D eigenvalue weighted by Gasteiger charge is 2.57. The number of amides is 1. The van der Waals surface area contributed by atoms with E-state index in [9.17, 15) is 9.90 Å². The van der Waals surface area contributed by atoms with Crippen molar-refractivity contribution in [3.8, 4) is 5.75 Å². The maximum atomic E-state index is 12.6. The molecule has 2 aromatic rings. The van der Waals surface area contributed by atoms with Crippen LogP contribution in [0.3, 0.4) is 0 Å². The predicted octanol–water partition coefficient (Wildman–Crippen LogP) is 2.37. The van der Waals surface area contributed by atoms with Crippen molar-refractivity contribution in [1.29, 1.82) is 0 Å². The van der Waals surface area contributed by atoms with E-state index in [1.54, 1.807) is 23.6 Å². The van der Waals surface area contributed by atoms with Crippen molar-refractivity contribution in [3.05, 3.63) is 40.6 Å². The summed E-state index contributed by atoms with van der Waals surface area (Å²) in [6.07, 6.45) is 6.63. The highest BCUT2D eigenvalue weighted by atomic mass is 32.1. The van der Waals surface area contributed by atoms with Gasteiger partial charge in [-0.25, -0.2) is 9.97 Å². The molecule has 25 heavy (non-hydrogen) atoms. The molecule has 0 bridgehead atoms. The Kier molecular flexibility index (Phi) is 4.21. The summed E-state index contributed by atoms with van der Waals surface area (Å²) in [5.41, 5.74) is 0.501. The molecule has 132 valence electrons. The zero-order valence-corrected chi connectivity index (χ0v) is 15.1. The van der Waals surface area contributed by atoms with Crippen LogP contribution in [0.4, 0.5) is 0 Å². The smallest absolute Gasteiger partial charge is 0.276 e. The van der Waals surface area contributed by atoms with E-state index in [4.69, 9.17) is 0 Å². The SMILES string of the molecule is CN(Cc1nccs1)[C@H]1CC12CCN(C(=O)c1ncccc1O)CC2. The van der Waals surface area contributed by atoms with Crippen LogP contribution in [0.1, 0.15) is 34.8 Å². The van der Waals surface area contributed by atoms with E-state index in [1.807, 2.05) is 16.5 Å². The Hall–Kier alpha value is -1.99. The van der Waals surface area contributed by atoms with Gasteiger partial charge in [0.15, 0.2) is 5.69 Å². The Morgan fingerprint density at radius 2 is 2.20 bits per heavy atom. The van der Waals surface area contributed by atoms with Crippen LogP contribution < -0.4 is 0 Å². The summed E-state index contributed by atoms with van der Waals surface area (Å²) in [4.78, 5) is 25.2. The highest BCUT2D eigenvalue weighted by molar-refractivity contribution is 7.09. The molecule has 1 saturated heterocycles. The lowest BCUT2D eigenvalue weighted by Crippen LogP contribution is -2.41. The second-order valence-corrected chi connectivity index (χ2v) is 8.07. The summed E-state index contributed by atoms with van der Waals surface area (Å²) in [6, 6.07) is 3.72. The lowest BCUT2D eigenvalue weighted by atomic mass is 9.92. The molecule has 1 aliphatic heterocycles. The molecule has 1 N–H and O–H groups in total. The number of pyridine rings is 1. The van der Waals surface area contributed by atoms with Crippen molar-refractivity contribution in [2.75, 3.05) is 20.1 Å². The number of hydrogen-bond donors (Lipinski definition) is 1. The number of piperidine rings is 1. The van der Waals surface area contributed by atoms with Gasteiger partial charge in [-0.15, -0.1) is 11.3 Å². The summed E-state index contributed by atoms with van der Waals surface area (Å²) < 4.78 is 0. The van der Waals surface area contributed by atoms with Gasteiger partial charge >= 0.3 is 0 Å². The zero-order valence-electron chi connectivity index (χ0n) is 14.3. The quantitative estimate of drug-likeness (QED) is 0.909. The third-order valence-corrected chi connectivity index (χ3v) is 6.35. The second kappa shape index (κ2) is 6.38.